The highest BCUT2D eigenvalue weighted by molar-refractivity contribution is 5.85. The molecule has 1 aromatic carbocycles. The molecule has 0 bridgehead atoms. The molecule has 0 radical (unpaired) electrons. The van der Waals surface area contributed by atoms with Crippen molar-refractivity contribution in [2.75, 3.05) is 19.8 Å². The molecular formula is C21H29NO5. The number of aliphatic carboxylic acids is 1. The van der Waals surface area contributed by atoms with E-state index in [1.165, 1.54) is 0 Å². The highest BCUT2D eigenvalue weighted by Gasteiger charge is 2.35. The smallest absolute Gasteiger partial charge is 0.307 e. The average Bonchev–Trinajstić information content (AvgIpc) is 2.63. The molecule has 0 heterocycles. The molecule has 1 aliphatic rings. The number of hydrogen-bond acceptors (Lipinski definition) is 4. The molecule has 0 saturated heterocycles. The van der Waals surface area contributed by atoms with Gasteiger partial charge in [0.25, 0.3) is 0 Å². The first-order chi connectivity index (χ1) is 13.0. The molecule has 2 rings (SSSR count). The second-order valence-corrected chi connectivity index (χ2v) is 6.73. The third kappa shape index (κ3) is 5.74. The minimum absolute atomic E-state index is 0.189. The van der Waals surface area contributed by atoms with Crippen molar-refractivity contribution in [2.45, 2.75) is 40.0 Å². The molecule has 27 heavy (non-hydrogen) atoms. The first-order valence-corrected chi connectivity index (χ1v) is 9.50. The minimum Gasteiger partial charge on any atom is -0.490 e. The van der Waals surface area contributed by atoms with Crippen LogP contribution in [0.2, 0.25) is 0 Å². The van der Waals surface area contributed by atoms with Crippen molar-refractivity contribution in [1.29, 1.82) is 0 Å². The van der Waals surface area contributed by atoms with Crippen molar-refractivity contribution in [3.8, 4) is 11.5 Å². The van der Waals surface area contributed by atoms with Crippen LogP contribution in [0, 0.1) is 11.8 Å². The summed E-state index contributed by atoms with van der Waals surface area (Å²) >= 11 is 0. The van der Waals surface area contributed by atoms with Crippen LogP contribution in [0.5, 0.6) is 11.5 Å². The fourth-order valence-electron chi connectivity index (χ4n) is 3.33. The molecule has 1 amide bonds. The zero-order chi connectivity index (χ0) is 19.8. The summed E-state index contributed by atoms with van der Waals surface area (Å²) in [7, 11) is 0. The lowest BCUT2D eigenvalue weighted by Gasteiger charge is -2.26. The monoisotopic (exact) mass is 375 g/mol. The van der Waals surface area contributed by atoms with Gasteiger partial charge in [-0.05, 0) is 57.7 Å². The number of benzene rings is 1. The molecule has 1 aromatic rings. The van der Waals surface area contributed by atoms with Gasteiger partial charge in [0.05, 0.1) is 25.0 Å². The number of allylic oxidation sites excluding steroid dienone is 2. The number of ether oxygens (including phenoxy) is 2. The number of nitrogens with one attached hydrogen (secondary N) is 1. The van der Waals surface area contributed by atoms with Gasteiger partial charge in [-0.3, -0.25) is 9.59 Å². The largest absolute Gasteiger partial charge is 0.490 e. The lowest BCUT2D eigenvalue weighted by Crippen LogP contribution is -2.40. The summed E-state index contributed by atoms with van der Waals surface area (Å²) in [5, 5.41) is 12.3. The molecule has 6 heteroatoms. The predicted molar refractivity (Wildman–Crippen MR) is 103 cm³/mol. The number of rotatable bonds is 9. The van der Waals surface area contributed by atoms with Crippen molar-refractivity contribution in [3.63, 3.8) is 0 Å². The molecule has 2 atom stereocenters. The van der Waals surface area contributed by atoms with Crippen LogP contribution in [-0.4, -0.2) is 36.7 Å². The summed E-state index contributed by atoms with van der Waals surface area (Å²) in [6, 6.07) is 5.75. The van der Waals surface area contributed by atoms with E-state index in [9.17, 15) is 14.7 Å². The van der Waals surface area contributed by atoms with Gasteiger partial charge in [-0.25, -0.2) is 0 Å². The third-order valence-corrected chi connectivity index (χ3v) is 4.72. The first-order valence-electron chi connectivity index (χ1n) is 9.50. The molecule has 0 fully saturated rings. The fourth-order valence-corrected chi connectivity index (χ4v) is 3.33. The molecule has 0 aliphatic heterocycles. The third-order valence-electron chi connectivity index (χ3n) is 4.72. The van der Waals surface area contributed by atoms with Gasteiger partial charge < -0.3 is 19.9 Å². The topological polar surface area (TPSA) is 84.9 Å². The Morgan fingerprint density at radius 1 is 1.15 bits per heavy atom. The summed E-state index contributed by atoms with van der Waals surface area (Å²) in [4.78, 5) is 23.9. The molecular weight excluding hydrogens is 346 g/mol. The maximum absolute atomic E-state index is 12.5. The van der Waals surface area contributed by atoms with Gasteiger partial charge in [0.2, 0.25) is 5.91 Å². The van der Waals surface area contributed by atoms with Crippen LogP contribution < -0.4 is 14.8 Å². The van der Waals surface area contributed by atoms with Crippen LogP contribution in [0.3, 0.4) is 0 Å². The average molecular weight is 375 g/mol. The molecule has 148 valence electrons. The molecule has 0 aromatic heterocycles. The molecule has 1 aliphatic carbocycles. The highest BCUT2D eigenvalue weighted by atomic mass is 16.5. The Kier molecular flexibility index (Phi) is 7.70. The zero-order valence-electron chi connectivity index (χ0n) is 16.3. The fraction of sp³-hybridized carbons (Fsp3) is 0.524. The van der Waals surface area contributed by atoms with E-state index in [1.807, 2.05) is 45.0 Å². The maximum Gasteiger partial charge on any atom is 0.307 e. The van der Waals surface area contributed by atoms with Gasteiger partial charge in [0.15, 0.2) is 11.5 Å². The quantitative estimate of drug-likeness (QED) is 0.648. The van der Waals surface area contributed by atoms with E-state index in [0.29, 0.717) is 50.5 Å². The second kappa shape index (κ2) is 10.00. The summed E-state index contributed by atoms with van der Waals surface area (Å²) in [5.41, 5.74) is 2.09. The van der Waals surface area contributed by atoms with E-state index >= 15 is 0 Å². The van der Waals surface area contributed by atoms with Crippen LogP contribution in [0.15, 0.2) is 29.8 Å². The van der Waals surface area contributed by atoms with Gasteiger partial charge in [0, 0.05) is 6.54 Å². The maximum atomic E-state index is 12.5. The molecule has 0 unspecified atom stereocenters. The van der Waals surface area contributed by atoms with Crippen molar-refractivity contribution in [1.82, 2.24) is 5.32 Å². The van der Waals surface area contributed by atoms with Gasteiger partial charge in [-0.1, -0.05) is 17.7 Å². The highest BCUT2D eigenvalue weighted by Crippen LogP contribution is 2.30. The SMILES string of the molecule is CCOc1ccc(CCNC(=O)[C@H]2CC(C)=CC[C@H]2C(=O)O)cc1OCC. The van der Waals surface area contributed by atoms with Crippen molar-refractivity contribution < 1.29 is 24.2 Å². The van der Waals surface area contributed by atoms with Crippen molar-refractivity contribution in [2.24, 2.45) is 11.8 Å². The van der Waals surface area contributed by atoms with Crippen LogP contribution in [0.25, 0.3) is 0 Å². The number of hydrogen-bond donors (Lipinski definition) is 2. The number of carbonyl (C=O) groups excluding carboxylic acids is 1. The van der Waals surface area contributed by atoms with Crippen LogP contribution in [-0.2, 0) is 16.0 Å². The zero-order valence-corrected chi connectivity index (χ0v) is 16.3. The Balaban J connectivity index is 1.95. The summed E-state index contributed by atoms with van der Waals surface area (Å²) in [6.45, 7) is 7.34. The number of carboxylic acids is 1. The predicted octanol–water partition coefficient (Wildman–Crippen LogP) is 3.20. The number of carbonyl (C=O) groups is 2. The first kappa shape index (κ1) is 20.8. The number of amides is 1. The van der Waals surface area contributed by atoms with Gasteiger partial charge >= 0.3 is 5.97 Å². The normalized spacial score (nSPS) is 19.1. The van der Waals surface area contributed by atoms with E-state index in [0.717, 1.165) is 11.1 Å². The minimum atomic E-state index is -0.910. The van der Waals surface area contributed by atoms with Crippen molar-refractivity contribution >= 4 is 11.9 Å². The lowest BCUT2D eigenvalue weighted by atomic mass is 9.79. The van der Waals surface area contributed by atoms with Crippen LogP contribution in [0.4, 0.5) is 0 Å². The summed E-state index contributed by atoms with van der Waals surface area (Å²) in [5.74, 6) is -0.851. The second-order valence-electron chi connectivity index (χ2n) is 6.73. The molecule has 6 nitrogen and oxygen atoms in total. The Hall–Kier alpha value is -2.50. The Morgan fingerprint density at radius 3 is 2.52 bits per heavy atom. The standard InChI is InChI=1S/C21H29NO5/c1-4-26-18-9-7-15(13-19(18)27-5-2)10-11-22-20(23)17-12-14(3)6-8-16(17)21(24)25/h6-7,9,13,16-17H,4-5,8,10-12H2,1-3H3,(H,22,23)(H,24,25)/t16-,17+/m1/s1. The van der Waals surface area contributed by atoms with Gasteiger partial charge in [-0.15, -0.1) is 0 Å². The van der Waals surface area contributed by atoms with Crippen molar-refractivity contribution in [3.05, 3.63) is 35.4 Å². The summed E-state index contributed by atoms with van der Waals surface area (Å²) < 4.78 is 11.2. The van der Waals surface area contributed by atoms with E-state index in [-0.39, 0.29) is 5.91 Å². The van der Waals surface area contributed by atoms with Gasteiger partial charge in [-0.2, -0.15) is 0 Å². The number of carboxylic acid groups (broad SMARTS) is 1. The van der Waals surface area contributed by atoms with E-state index < -0.39 is 17.8 Å². The van der Waals surface area contributed by atoms with E-state index in [2.05, 4.69) is 5.32 Å². The van der Waals surface area contributed by atoms with Crippen LogP contribution >= 0.6 is 0 Å². The van der Waals surface area contributed by atoms with Gasteiger partial charge in [0.1, 0.15) is 0 Å². The molecule has 2 N–H and O–H groups in total. The Bertz CT molecular complexity index is 698. The van der Waals surface area contributed by atoms with Crippen LogP contribution in [0.1, 0.15) is 39.2 Å². The lowest BCUT2D eigenvalue weighted by molar-refractivity contribution is -0.147. The van der Waals surface area contributed by atoms with E-state index in [4.69, 9.17) is 9.47 Å². The molecule has 0 spiro atoms. The summed E-state index contributed by atoms with van der Waals surface area (Å²) in [6.07, 6.45) is 3.46. The van der Waals surface area contributed by atoms with E-state index in [1.54, 1.807) is 0 Å². The Labute approximate surface area is 160 Å². The Morgan fingerprint density at radius 2 is 1.85 bits per heavy atom. The molecule has 0 saturated carbocycles.